The number of aliphatic hydroxyl groups excluding tert-OH is 1. The molecule has 0 unspecified atom stereocenters. The predicted molar refractivity (Wildman–Crippen MR) is 60.6 cm³/mol. The average molecular weight is 211 g/mol. The molecule has 2 N–H and O–H groups in total. The molecule has 1 aromatic heterocycles. The zero-order valence-corrected chi connectivity index (χ0v) is 10.0. The quantitative estimate of drug-likeness (QED) is 0.759. The lowest BCUT2D eigenvalue weighted by Crippen LogP contribution is -2.42. The number of hydrogen-bond donors (Lipinski definition) is 2. The molecular formula is C11H21N3O. The first-order valence-electron chi connectivity index (χ1n) is 5.36. The highest BCUT2D eigenvalue weighted by atomic mass is 16.3. The van der Waals surface area contributed by atoms with Crippen LogP contribution >= 0.6 is 0 Å². The van der Waals surface area contributed by atoms with Crippen LogP contribution in [0.25, 0.3) is 0 Å². The van der Waals surface area contributed by atoms with Crippen molar-refractivity contribution in [2.75, 3.05) is 6.61 Å². The van der Waals surface area contributed by atoms with Gasteiger partial charge < -0.3 is 10.4 Å². The molecule has 1 aromatic rings. The van der Waals surface area contributed by atoms with E-state index in [1.165, 1.54) is 0 Å². The highest BCUT2D eigenvalue weighted by molar-refractivity contribution is 5.10. The smallest absolute Gasteiger partial charge is 0.0625 e. The number of aliphatic hydroxyl groups is 1. The Kier molecular flexibility index (Phi) is 3.88. The number of hydrogen-bond acceptors (Lipinski definition) is 3. The van der Waals surface area contributed by atoms with Crippen molar-refractivity contribution in [3.05, 3.63) is 17.5 Å². The van der Waals surface area contributed by atoms with E-state index in [9.17, 15) is 0 Å². The molecule has 0 fully saturated rings. The second-order valence-electron chi connectivity index (χ2n) is 4.50. The molecule has 0 aliphatic heterocycles. The zero-order valence-electron chi connectivity index (χ0n) is 10.0. The predicted octanol–water partition coefficient (Wildman–Crippen LogP) is 0.843. The third kappa shape index (κ3) is 3.32. The summed E-state index contributed by atoms with van der Waals surface area (Å²) in [5.41, 5.74) is 2.01. The highest BCUT2D eigenvalue weighted by Gasteiger charge is 2.15. The van der Waals surface area contributed by atoms with Crippen molar-refractivity contribution in [3.8, 4) is 0 Å². The molecule has 0 saturated carbocycles. The summed E-state index contributed by atoms with van der Waals surface area (Å²) in [5.74, 6) is 0. The Labute approximate surface area is 91.3 Å². The molecule has 0 aliphatic carbocycles. The van der Waals surface area contributed by atoms with Crippen LogP contribution in [0.3, 0.4) is 0 Å². The minimum atomic E-state index is -0.239. The summed E-state index contributed by atoms with van der Waals surface area (Å²) in [7, 11) is 1.95. The molecule has 86 valence electrons. The van der Waals surface area contributed by atoms with Gasteiger partial charge in [0.2, 0.25) is 0 Å². The lowest BCUT2D eigenvalue weighted by atomic mass is 10.1. The van der Waals surface area contributed by atoms with Crippen molar-refractivity contribution in [1.82, 2.24) is 15.1 Å². The largest absolute Gasteiger partial charge is 0.394 e. The molecule has 0 atom stereocenters. The van der Waals surface area contributed by atoms with Crippen LogP contribution in [0, 0.1) is 0 Å². The van der Waals surface area contributed by atoms with Crippen LogP contribution in [0.4, 0.5) is 0 Å². The first-order valence-corrected chi connectivity index (χ1v) is 5.36. The molecule has 0 aromatic carbocycles. The van der Waals surface area contributed by atoms with E-state index in [1.807, 2.05) is 25.6 Å². The highest BCUT2D eigenvalue weighted by Crippen LogP contribution is 2.06. The molecule has 0 bridgehead atoms. The Bertz CT molecular complexity index is 318. The molecule has 0 saturated heterocycles. The van der Waals surface area contributed by atoms with Gasteiger partial charge in [0.25, 0.3) is 0 Å². The van der Waals surface area contributed by atoms with Crippen molar-refractivity contribution in [2.24, 2.45) is 7.05 Å². The summed E-state index contributed by atoms with van der Waals surface area (Å²) >= 11 is 0. The normalized spacial score (nSPS) is 12.1. The van der Waals surface area contributed by atoms with Gasteiger partial charge in [-0.25, -0.2) is 0 Å². The summed E-state index contributed by atoms with van der Waals surface area (Å²) in [6.45, 7) is 6.91. The van der Waals surface area contributed by atoms with Gasteiger partial charge in [-0.1, -0.05) is 6.92 Å². The molecular weight excluding hydrogens is 190 g/mol. The summed E-state index contributed by atoms with van der Waals surface area (Å²) in [4.78, 5) is 0. The van der Waals surface area contributed by atoms with Gasteiger partial charge in [0, 0.05) is 19.1 Å². The molecule has 0 spiro atoms. The fourth-order valence-corrected chi connectivity index (χ4v) is 1.30. The molecule has 0 radical (unpaired) electrons. The van der Waals surface area contributed by atoms with Crippen LogP contribution in [-0.2, 0) is 20.0 Å². The van der Waals surface area contributed by atoms with Gasteiger partial charge in [0.05, 0.1) is 18.0 Å². The van der Waals surface area contributed by atoms with Gasteiger partial charge >= 0.3 is 0 Å². The molecule has 0 aliphatic rings. The van der Waals surface area contributed by atoms with Gasteiger partial charge in [-0.2, -0.15) is 5.10 Å². The van der Waals surface area contributed by atoms with E-state index in [4.69, 9.17) is 5.11 Å². The summed E-state index contributed by atoms with van der Waals surface area (Å²) in [6.07, 6.45) is 0.956. The number of aromatic nitrogens is 2. The Morgan fingerprint density at radius 2 is 2.20 bits per heavy atom. The number of rotatable bonds is 5. The molecule has 4 nitrogen and oxygen atoms in total. The lowest BCUT2D eigenvalue weighted by Gasteiger charge is -2.23. The third-order valence-electron chi connectivity index (χ3n) is 2.53. The van der Waals surface area contributed by atoms with Crippen LogP contribution in [0.1, 0.15) is 32.2 Å². The Balaban J connectivity index is 2.61. The Morgan fingerprint density at radius 3 is 2.67 bits per heavy atom. The maximum absolute atomic E-state index is 9.11. The van der Waals surface area contributed by atoms with Crippen LogP contribution in [-0.4, -0.2) is 27.0 Å². The van der Waals surface area contributed by atoms with Crippen LogP contribution in [0.2, 0.25) is 0 Å². The van der Waals surface area contributed by atoms with E-state index in [0.29, 0.717) is 0 Å². The van der Waals surface area contributed by atoms with Gasteiger partial charge in [-0.3, -0.25) is 4.68 Å². The van der Waals surface area contributed by atoms with E-state index in [1.54, 1.807) is 0 Å². The zero-order chi connectivity index (χ0) is 11.5. The van der Waals surface area contributed by atoms with E-state index in [2.05, 4.69) is 23.4 Å². The van der Waals surface area contributed by atoms with Crippen LogP contribution in [0.5, 0.6) is 0 Å². The van der Waals surface area contributed by atoms with Crippen molar-refractivity contribution in [1.29, 1.82) is 0 Å². The molecule has 4 heteroatoms. The Hall–Kier alpha value is -0.870. The van der Waals surface area contributed by atoms with Crippen LogP contribution < -0.4 is 5.32 Å². The maximum Gasteiger partial charge on any atom is 0.0625 e. The summed E-state index contributed by atoms with van der Waals surface area (Å²) in [6, 6.07) is 2.10. The van der Waals surface area contributed by atoms with Crippen molar-refractivity contribution in [2.45, 2.75) is 39.3 Å². The topological polar surface area (TPSA) is 50.1 Å². The fraction of sp³-hybridized carbons (Fsp3) is 0.727. The first kappa shape index (κ1) is 12.2. The van der Waals surface area contributed by atoms with Crippen LogP contribution in [0.15, 0.2) is 6.07 Å². The molecule has 15 heavy (non-hydrogen) atoms. The summed E-state index contributed by atoms with van der Waals surface area (Å²) < 4.78 is 1.89. The van der Waals surface area contributed by atoms with Crippen molar-refractivity contribution < 1.29 is 5.11 Å². The molecule has 1 rings (SSSR count). The maximum atomic E-state index is 9.11. The van der Waals surface area contributed by atoms with Gasteiger partial charge in [-0.15, -0.1) is 0 Å². The minimum Gasteiger partial charge on any atom is -0.394 e. The van der Waals surface area contributed by atoms with Gasteiger partial charge in [0.15, 0.2) is 0 Å². The second kappa shape index (κ2) is 4.77. The molecule has 0 amide bonds. The number of nitrogens with zero attached hydrogens (tertiary/aromatic N) is 2. The van der Waals surface area contributed by atoms with Crippen molar-refractivity contribution >= 4 is 0 Å². The molecule has 1 heterocycles. The second-order valence-corrected chi connectivity index (χ2v) is 4.50. The van der Waals surface area contributed by atoms with Gasteiger partial charge in [-0.05, 0) is 26.3 Å². The lowest BCUT2D eigenvalue weighted by molar-refractivity contribution is 0.186. The van der Waals surface area contributed by atoms with E-state index >= 15 is 0 Å². The average Bonchev–Trinajstić information content (AvgIpc) is 2.57. The standard InChI is InChI=1S/C11H21N3O/c1-5-9-6-10(14(4)13-9)7-12-11(2,3)8-15/h6,12,15H,5,7-8H2,1-4H3. The van der Waals surface area contributed by atoms with E-state index < -0.39 is 0 Å². The number of nitrogens with one attached hydrogen (secondary N) is 1. The fourth-order valence-electron chi connectivity index (χ4n) is 1.30. The Morgan fingerprint density at radius 1 is 1.53 bits per heavy atom. The van der Waals surface area contributed by atoms with Crippen molar-refractivity contribution in [3.63, 3.8) is 0 Å². The monoisotopic (exact) mass is 211 g/mol. The minimum absolute atomic E-state index is 0.130. The number of aryl methyl sites for hydroxylation is 2. The SMILES string of the molecule is CCc1cc(CNC(C)(C)CO)n(C)n1. The first-order chi connectivity index (χ1) is 6.98. The van der Waals surface area contributed by atoms with E-state index in [-0.39, 0.29) is 12.1 Å². The van der Waals surface area contributed by atoms with E-state index in [0.717, 1.165) is 24.4 Å². The third-order valence-corrected chi connectivity index (χ3v) is 2.53. The van der Waals surface area contributed by atoms with Gasteiger partial charge in [0.1, 0.15) is 0 Å². The summed E-state index contributed by atoms with van der Waals surface area (Å²) in [5, 5.41) is 16.8.